The number of nitrogens with one attached hydrogen (secondary N) is 2. The quantitative estimate of drug-likeness (QED) is 0.458. The number of fused-ring (bicyclic) bond motifs is 3. The van der Waals surface area contributed by atoms with E-state index in [1.807, 2.05) is 5.38 Å². The Labute approximate surface area is 187 Å². The lowest BCUT2D eigenvalue weighted by molar-refractivity contribution is -0.116. The van der Waals surface area contributed by atoms with Crippen molar-refractivity contribution in [3.63, 3.8) is 0 Å². The van der Waals surface area contributed by atoms with E-state index < -0.39 is 0 Å². The minimum absolute atomic E-state index is 0.0853. The summed E-state index contributed by atoms with van der Waals surface area (Å²) >= 11 is 3.03. The van der Waals surface area contributed by atoms with E-state index in [2.05, 4.69) is 52.3 Å². The maximum absolute atomic E-state index is 12.5. The molecule has 0 saturated heterocycles. The Bertz CT molecular complexity index is 1370. The third-order valence-corrected chi connectivity index (χ3v) is 7.58. The molecule has 6 nitrogen and oxygen atoms in total. The first-order chi connectivity index (χ1) is 15.0. The summed E-state index contributed by atoms with van der Waals surface area (Å²) in [4.78, 5) is 39.1. The van der Waals surface area contributed by atoms with Crippen LogP contribution in [0.4, 0.5) is 5.13 Å². The molecular formula is C23H22N4O2S2. The van der Waals surface area contributed by atoms with E-state index in [1.165, 1.54) is 27.3 Å². The number of aryl methyl sites for hydroxylation is 5. The van der Waals surface area contributed by atoms with Gasteiger partial charge in [-0.1, -0.05) is 17.7 Å². The Morgan fingerprint density at radius 2 is 2.10 bits per heavy atom. The second-order valence-corrected chi connectivity index (χ2v) is 9.90. The van der Waals surface area contributed by atoms with Crippen molar-refractivity contribution < 1.29 is 4.79 Å². The van der Waals surface area contributed by atoms with E-state index in [-0.39, 0.29) is 17.9 Å². The third-order valence-electron chi connectivity index (χ3n) is 5.63. The zero-order valence-corrected chi connectivity index (χ0v) is 19.0. The number of carbonyl (C=O) groups is 1. The summed E-state index contributed by atoms with van der Waals surface area (Å²) in [5.74, 6) is 0.418. The van der Waals surface area contributed by atoms with Gasteiger partial charge in [0, 0.05) is 28.7 Å². The van der Waals surface area contributed by atoms with Crippen molar-refractivity contribution >= 4 is 43.9 Å². The Balaban J connectivity index is 1.26. The Hall–Kier alpha value is -2.84. The Kier molecular flexibility index (Phi) is 5.19. The van der Waals surface area contributed by atoms with Crippen LogP contribution in [0.15, 0.2) is 28.4 Å². The fourth-order valence-corrected chi connectivity index (χ4v) is 6.05. The number of carbonyl (C=O) groups excluding carboxylic acids is 1. The number of benzene rings is 1. The van der Waals surface area contributed by atoms with Crippen molar-refractivity contribution in [2.24, 2.45) is 0 Å². The van der Waals surface area contributed by atoms with E-state index in [9.17, 15) is 9.59 Å². The SMILES string of the molecule is Cc1ccc(C)c(-c2csc(NC(=O)CCc3nc4sc5c(c4c(=O)[nH]3)CCC5)n2)c1. The van der Waals surface area contributed by atoms with Crippen LogP contribution in [-0.2, 0) is 24.1 Å². The molecule has 0 spiro atoms. The van der Waals surface area contributed by atoms with Gasteiger partial charge >= 0.3 is 0 Å². The van der Waals surface area contributed by atoms with Gasteiger partial charge < -0.3 is 10.3 Å². The number of nitrogens with zero attached hydrogens (tertiary/aromatic N) is 2. The molecule has 31 heavy (non-hydrogen) atoms. The zero-order valence-electron chi connectivity index (χ0n) is 17.4. The molecule has 4 aromatic rings. The summed E-state index contributed by atoms with van der Waals surface area (Å²) in [6, 6.07) is 6.26. The lowest BCUT2D eigenvalue weighted by atomic mass is 10.0. The highest BCUT2D eigenvalue weighted by molar-refractivity contribution is 7.18. The largest absolute Gasteiger partial charge is 0.310 e. The molecule has 0 fully saturated rings. The lowest BCUT2D eigenvalue weighted by Gasteiger charge is -2.04. The minimum atomic E-state index is -0.140. The second-order valence-electron chi connectivity index (χ2n) is 7.95. The van der Waals surface area contributed by atoms with Crippen LogP contribution >= 0.6 is 22.7 Å². The van der Waals surface area contributed by atoms with Gasteiger partial charge in [-0.15, -0.1) is 22.7 Å². The summed E-state index contributed by atoms with van der Waals surface area (Å²) in [6.07, 6.45) is 3.72. The lowest BCUT2D eigenvalue weighted by Crippen LogP contribution is -2.16. The number of H-pyrrole nitrogens is 1. The molecule has 2 N–H and O–H groups in total. The van der Waals surface area contributed by atoms with Crippen LogP contribution in [-0.4, -0.2) is 20.9 Å². The van der Waals surface area contributed by atoms with Gasteiger partial charge in [0.2, 0.25) is 5.91 Å². The number of aromatic nitrogens is 3. The van der Waals surface area contributed by atoms with E-state index >= 15 is 0 Å². The molecule has 8 heteroatoms. The summed E-state index contributed by atoms with van der Waals surface area (Å²) in [7, 11) is 0. The fourth-order valence-electron chi connectivity index (χ4n) is 4.05. The molecule has 3 aromatic heterocycles. The first-order valence-electron chi connectivity index (χ1n) is 10.3. The maximum atomic E-state index is 12.5. The third kappa shape index (κ3) is 3.93. The summed E-state index contributed by atoms with van der Waals surface area (Å²) in [6.45, 7) is 4.11. The number of thiophene rings is 1. The van der Waals surface area contributed by atoms with Gasteiger partial charge in [-0.3, -0.25) is 9.59 Å². The predicted molar refractivity (Wildman–Crippen MR) is 126 cm³/mol. The molecule has 0 unspecified atom stereocenters. The highest BCUT2D eigenvalue weighted by Gasteiger charge is 2.21. The molecule has 0 bridgehead atoms. The molecule has 3 heterocycles. The highest BCUT2D eigenvalue weighted by Crippen LogP contribution is 2.34. The van der Waals surface area contributed by atoms with E-state index in [0.717, 1.165) is 46.3 Å². The number of hydrogen-bond donors (Lipinski definition) is 2. The standard InChI is InChI=1S/C23H22N4O2S2/c1-12-6-7-13(2)15(10-12)16-11-30-23(24-16)27-19(28)9-8-18-25-21(29)20-14-4-3-5-17(14)31-22(20)26-18/h6-7,10-11H,3-5,8-9H2,1-2H3,(H,24,27,28)(H,25,26,29). The van der Waals surface area contributed by atoms with Crippen LogP contribution in [0.2, 0.25) is 0 Å². The molecule has 0 atom stereocenters. The van der Waals surface area contributed by atoms with Gasteiger partial charge in [-0.2, -0.15) is 0 Å². The second kappa shape index (κ2) is 8.01. The fraction of sp³-hybridized carbons (Fsp3) is 0.304. The molecule has 0 radical (unpaired) electrons. The van der Waals surface area contributed by atoms with E-state index in [1.54, 1.807) is 11.3 Å². The van der Waals surface area contributed by atoms with Gasteiger partial charge in [0.1, 0.15) is 10.7 Å². The molecule has 1 aliphatic rings. The van der Waals surface area contributed by atoms with Crippen molar-refractivity contribution in [2.75, 3.05) is 5.32 Å². The van der Waals surface area contributed by atoms with E-state index in [4.69, 9.17) is 0 Å². The summed E-state index contributed by atoms with van der Waals surface area (Å²) in [5, 5.41) is 6.15. The van der Waals surface area contributed by atoms with Crippen molar-refractivity contribution in [3.05, 3.63) is 61.3 Å². The molecule has 1 aliphatic carbocycles. The molecular weight excluding hydrogens is 428 g/mol. The molecule has 158 valence electrons. The minimum Gasteiger partial charge on any atom is -0.310 e. The van der Waals surface area contributed by atoms with E-state index in [0.29, 0.717) is 17.4 Å². The molecule has 5 rings (SSSR count). The monoisotopic (exact) mass is 450 g/mol. The number of rotatable bonds is 5. The topological polar surface area (TPSA) is 87.7 Å². The number of amides is 1. The average Bonchev–Trinajstić information content (AvgIpc) is 3.44. The maximum Gasteiger partial charge on any atom is 0.259 e. The van der Waals surface area contributed by atoms with Crippen molar-refractivity contribution in [1.29, 1.82) is 0 Å². The number of hydrogen-bond acceptors (Lipinski definition) is 6. The predicted octanol–water partition coefficient (Wildman–Crippen LogP) is 4.78. The van der Waals surface area contributed by atoms with Gasteiger partial charge in [0.25, 0.3) is 5.56 Å². The van der Waals surface area contributed by atoms with Crippen LogP contribution < -0.4 is 10.9 Å². The Morgan fingerprint density at radius 3 is 2.97 bits per heavy atom. The van der Waals surface area contributed by atoms with Crippen molar-refractivity contribution in [3.8, 4) is 11.3 Å². The number of thiazole rings is 1. The van der Waals surface area contributed by atoms with Crippen LogP contribution in [0.3, 0.4) is 0 Å². The van der Waals surface area contributed by atoms with Crippen LogP contribution in [0.25, 0.3) is 21.5 Å². The molecule has 0 saturated carbocycles. The first kappa shape index (κ1) is 20.1. The summed E-state index contributed by atoms with van der Waals surface area (Å²) in [5.41, 5.74) is 5.35. The van der Waals surface area contributed by atoms with Gasteiger partial charge in [0.15, 0.2) is 5.13 Å². The molecule has 1 amide bonds. The van der Waals surface area contributed by atoms with Crippen LogP contribution in [0.5, 0.6) is 0 Å². The normalized spacial score (nSPS) is 13.0. The first-order valence-corrected chi connectivity index (χ1v) is 12.0. The van der Waals surface area contributed by atoms with Gasteiger partial charge in [-0.25, -0.2) is 9.97 Å². The highest BCUT2D eigenvalue weighted by atomic mass is 32.1. The molecule has 0 aliphatic heterocycles. The van der Waals surface area contributed by atoms with Gasteiger partial charge in [-0.05, 0) is 50.3 Å². The number of aromatic amines is 1. The molecule has 1 aromatic carbocycles. The number of anilines is 1. The van der Waals surface area contributed by atoms with Crippen LogP contribution in [0, 0.1) is 13.8 Å². The van der Waals surface area contributed by atoms with Gasteiger partial charge in [0.05, 0.1) is 11.1 Å². The average molecular weight is 451 g/mol. The smallest absolute Gasteiger partial charge is 0.259 e. The van der Waals surface area contributed by atoms with Crippen molar-refractivity contribution in [2.45, 2.75) is 46.0 Å². The Morgan fingerprint density at radius 1 is 1.23 bits per heavy atom. The summed E-state index contributed by atoms with van der Waals surface area (Å²) < 4.78 is 0. The van der Waals surface area contributed by atoms with Crippen molar-refractivity contribution in [1.82, 2.24) is 15.0 Å². The zero-order chi connectivity index (χ0) is 21.5. The van der Waals surface area contributed by atoms with Crippen LogP contribution in [0.1, 0.15) is 40.2 Å².